The summed E-state index contributed by atoms with van der Waals surface area (Å²) in [6, 6.07) is 3.41. The van der Waals surface area contributed by atoms with Crippen molar-refractivity contribution in [2.75, 3.05) is 6.61 Å². The smallest absolute Gasteiger partial charge is 0.396 e. The van der Waals surface area contributed by atoms with Crippen LogP contribution >= 0.6 is 0 Å². The number of aliphatic hydroxyl groups excluding tert-OH is 1. The third-order valence-electron chi connectivity index (χ3n) is 2.45. The molecule has 0 spiro atoms. The Morgan fingerprint density at radius 2 is 1.44 bits per heavy atom. The second kappa shape index (κ2) is 5.17. The molecule has 1 aromatic rings. The van der Waals surface area contributed by atoms with Crippen molar-refractivity contribution in [1.82, 2.24) is 0 Å². The highest BCUT2D eigenvalue weighted by Crippen LogP contribution is 2.31. The highest BCUT2D eigenvalue weighted by molar-refractivity contribution is 5.25. The summed E-state index contributed by atoms with van der Waals surface area (Å²) in [6.45, 7) is -1.09. The van der Waals surface area contributed by atoms with E-state index in [0.717, 1.165) is 24.3 Å². The molecule has 0 heterocycles. The minimum absolute atomic E-state index is 0.0966. The van der Waals surface area contributed by atoms with Crippen LogP contribution in [0.3, 0.4) is 0 Å². The van der Waals surface area contributed by atoms with E-state index >= 15 is 0 Å². The van der Waals surface area contributed by atoms with Crippen molar-refractivity contribution < 1.29 is 31.4 Å². The standard InChI is InChI=1S/C11H10F6O/c12-10(13,14)8-3-1-7(2-4-8)5-9(6-18)11(15,16)17/h1-4,9,18H,5-6H2/t9-/m0/s1. The van der Waals surface area contributed by atoms with Gasteiger partial charge in [0.25, 0.3) is 0 Å². The van der Waals surface area contributed by atoms with Gasteiger partial charge in [0.05, 0.1) is 18.1 Å². The normalized spacial score (nSPS) is 14.6. The minimum Gasteiger partial charge on any atom is -0.396 e. The molecule has 1 aromatic carbocycles. The summed E-state index contributed by atoms with van der Waals surface area (Å²) in [6.07, 6.45) is -9.63. The van der Waals surface area contributed by atoms with Crippen molar-refractivity contribution in [1.29, 1.82) is 0 Å². The summed E-state index contributed by atoms with van der Waals surface area (Å²) < 4.78 is 73.7. The van der Waals surface area contributed by atoms with Crippen molar-refractivity contribution in [3.8, 4) is 0 Å². The molecule has 0 aliphatic carbocycles. The maximum atomic E-state index is 12.3. The van der Waals surface area contributed by atoms with Crippen LogP contribution < -0.4 is 0 Å². The Morgan fingerprint density at radius 1 is 0.944 bits per heavy atom. The molecule has 7 heteroatoms. The van der Waals surface area contributed by atoms with Gasteiger partial charge in [0.15, 0.2) is 0 Å². The average molecular weight is 272 g/mol. The van der Waals surface area contributed by atoms with E-state index in [1.165, 1.54) is 0 Å². The molecule has 102 valence electrons. The lowest BCUT2D eigenvalue weighted by Crippen LogP contribution is -2.28. The average Bonchev–Trinajstić information content (AvgIpc) is 2.23. The zero-order valence-electron chi connectivity index (χ0n) is 9.02. The molecule has 0 aromatic heterocycles. The first-order valence-corrected chi connectivity index (χ1v) is 4.98. The number of benzene rings is 1. The molecule has 1 rings (SSSR count). The Labute approximate surface area is 99.0 Å². The van der Waals surface area contributed by atoms with Gasteiger partial charge in [-0.3, -0.25) is 0 Å². The van der Waals surface area contributed by atoms with Crippen LogP contribution in [-0.4, -0.2) is 17.9 Å². The number of hydrogen-bond donors (Lipinski definition) is 1. The summed E-state index contributed by atoms with van der Waals surface area (Å²) in [5.41, 5.74) is -0.821. The van der Waals surface area contributed by atoms with E-state index in [9.17, 15) is 26.3 Å². The molecule has 0 aliphatic rings. The minimum atomic E-state index is -4.57. The molecular weight excluding hydrogens is 262 g/mol. The molecular formula is C11H10F6O. The number of alkyl halides is 6. The van der Waals surface area contributed by atoms with Crippen LogP contribution in [0.1, 0.15) is 11.1 Å². The van der Waals surface area contributed by atoms with E-state index in [2.05, 4.69) is 0 Å². The van der Waals surface area contributed by atoms with Gasteiger partial charge in [-0.2, -0.15) is 26.3 Å². The molecule has 0 fully saturated rings. The quantitative estimate of drug-likeness (QED) is 0.836. The van der Waals surface area contributed by atoms with Crippen LogP contribution in [0.2, 0.25) is 0 Å². The molecule has 0 unspecified atom stereocenters. The zero-order chi connectivity index (χ0) is 14.0. The van der Waals surface area contributed by atoms with Gasteiger partial charge in [-0.15, -0.1) is 0 Å². The van der Waals surface area contributed by atoms with E-state index in [1.54, 1.807) is 0 Å². The lowest BCUT2D eigenvalue weighted by atomic mass is 9.98. The van der Waals surface area contributed by atoms with Crippen LogP contribution in [0.5, 0.6) is 0 Å². The van der Waals surface area contributed by atoms with E-state index in [4.69, 9.17) is 5.11 Å². The summed E-state index contributed by atoms with van der Waals surface area (Å²) in [5.74, 6) is -1.96. The highest BCUT2D eigenvalue weighted by Gasteiger charge is 2.39. The Kier molecular flexibility index (Phi) is 4.26. The Bertz CT molecular complexity index is 378. The van der Waals surface area contributed by atoms with Gasteiger partial charge in [-0.25, -0.2) is 0 Å². The Balaban J connectivity index is 2.81. The van der Waals surface area contributed by atoms with Crippen LogP contribution in [0.4, 0.5) is 26.3 Å². The third-order valence-corrected chi connectivity index (χ3v) is 2.45. The fourth-order valence-electron chi connectivity index (χ4n) is 1.40. The van der Waals surface area contributed by atoms with Gasteiger partial charge in [0.2, 0.25) is 0 Å². The summed E-state index contributed by atoms with van der Waals surface area (Å²) in [5, 5.41) is 8.61. The lowest BCUT2D eigenvalue weighted by molar-refractivity contribution is -0.183. The second-order valence-corrected chi connectivity index (χ2v) is 3.82. The second-order valence-electron chi connectivity index (χ2n) is 3.82. The molecule has 18 heavy (non-hydrogen) atoms. The van der Waals surface area contributed by atoms with Gasteiger partial charge in [0, 0.05) is 0 Å². The molecule has 1 atom stereocenters. The monoisotopic (exact) mass is 272 g/mol. The molecule has 1 N–H and O–H groups in total. The highest BCUT2D eigenvalue weighted by atomic mass is 19.4. The zero-order valence-corrected chi connectivity index (χ0v) is 9.02. The van der Waals surface area contributed by atoms with Crippen molar-refractivity contribution in [2.24, 2.45) is 5.92 Å². The van der Waals surface area contributed by atoms with Crippen LogP contribution in [0.15, 0.2) is 24.3 Å². The van der Waals surface area contributed by atoms with Crippen molar-refractivity contribution in [3.05, 3.63) is 35.4 Å². The van der Waals surface area contributed by atoms with Crippen LogP contribution in [0.25, 0.3) is 0 Å². The maximum Gasteiger partial charge on any atom is 0.416 e. The number of aliphatic hydroxyl groups is 1. The molecule has 0 bridgehead atoms. The number of rotatable bonds is 3. The predicted octanol–water partition coefficient (Wildman–Crippen LogP) is 3.42. The predicted molar refractivity (Wildman–Crippen MR) is 51.8 cm³/mol. The lowest BCUT2D eigenvalue weighted by Gasteiger charge is -2.18. The summed E-state index contributed by atoms with van der Waals surface area (Å²) >= 11 is 0. The molecule has 0 aliphatic heterocycles. The van der Waals surface area contributed by atoms with Crippen LogP contribution in [-0.2, 0) is 12.6 Å². The Hall–Kier alpha value is -1.24. The SMILES string of the molecule is OC[C@H](Cc1ccc(C(F)(F)F)cc1)C(F)(F)F. The first-order valence-electron chi connectivity index (χ1n) is 4.98. The van der Waals surface area contributed by atoms with Gasteiger partial charge in [-0.1, -0.05) is 12.1 Å². The molecule has 1 nitrogen and oxygen atoms in total. The van der Waals surface area contributed by atoms with E-state index in [-0.39, 0.29) is 5.56 Å². The van der Waals surface area contributed by atoms with Crippen molar-refractivity contribution in [2.45, 2.75) is 18.8 Å². The number of halogens is 6. The molecule has 0 saturated carbocycles. The first-order chi connectivity index (χ1) is 8.14. The molecule has 0 amide bonds. The third kappa shape index (κ3) is 3.90. The number of hydrogen-bond acceptors (Lipinski definition) is 1. The van der Waals surface area contributed by atoms with Gasteiger partial charge < -0.3 is 5.11 Å². The van der Waals surface area contributed by atoms with Crippen LogP contribution in [0, 0.1) is 5.92 Å². The van der Waals surface area contributed by atoms with Gasteiger partial charge in [0.1, 0.15) is 0 Å². The topological polar surface area (TPSA) is 20.2 Å². The first kappa shape index (κ1) is 14.8. The van der Waals surface area contributed by atoms with Gasteiger partial charge >= 0.3 is 12.4 Å². The fraction of sp³-hybridized carbons (Fsp3) is 0.455. The van der Waals surface area contributed by atoms with E-state index < -0.39 is 36.9 Å². The Morgan fingerprint density at radius 3 is 1.78 bits per heavy atom. The van der Waals surface area contributed by atoms with E-state index in [1.807, 2.05) is 0 Å². The summed E-state index contributed by atoms with van der Waals surface area (Å²) in [4.78, 5) is 0. The fourth-order valence-corrected chi connectivity index (χ4v) is 1.40. The largest absolute Gasteiger partial charge is 0.416 e. The van der Waals surface area contributed by atoms with E-state index in [0.29, 0.717) is 0 Å². The van der Waals surface area contributed by atoms with Crippen molar-refractivity contribution in [3.63, 3.8) is 0 Å². The van der Waals surface area contributed by atoms with Gasteiger partial charge in [-0.05, 0) is 24.1 Å². The molecule has 0 radical (unpaired) electrons. The maximum absolute atomic E-state index is 12.3. The summed E-state index contributed by atoms with van der Waals surface area (Å²) in [7, 11) is 0. The van der Waals surface area contributed by atoms with Crippen molar-refractivity contribution >= 4 is 0 Å². The molecule has 0 saturated heterocycles.